The van der Waals surface area contributed by atoms with E-state index in [4.69, 9.17) is 5.11 Å². The third-order valence-electron chi connectivity index (χ3n) is 2.23. The maximum atomic E-state index is 13.1. The summed E-state index contributed by atoms with van der Waals surface area (Å²) in [5, 5.41) is 9.12. The molecule has 0 fully saturated rings. The number of halogens is 5. The molecule has 0 aliphatic heterocycles. The van der Waals surface area contributed by atoms with Crippen molar-refractivity contribution in [1.82, 2.24) is 0 Å². The second-order valence-electron chi connectivity index (χ2n) is 4.18. The van der Waals surface area contributed by atoms with Crippen LogP contribution in [0.3, 0.4) is 0 Å². The van der Waals surface area contributed by atoms with Gasteiger partial charge in [0.25, 0.3) is 0 Å². The van der Waals surface area contributed by atoms with E-state index in [1.54, 1.807) is 0 Å². The van der Waals surface area contributed by atoms with Crippen molar-refractivity contribution in [2.24, 2.45) is 0 Å². The van der Waals surface area contributed by atoms with Crippen LogP contribution in [0.5, 0.6) is 0 Å². The third kappa shape index (κ3) is 4.77. The van der Waals surface area contributed by atoms with Crippen molar-refractivity contribution in [2.45, 2.75) is 44.4 Å². The number of aliphatic hydroxyl groups excluding tert-OH is 1. The van der Waals surface area contributed by atoms with Gasteiger partial charge in [-0.3, -0.25) is 0 Å². The quantitative estimate of drug-likeness (QED) is 0.445. The van der Waals surface area contributed by atoms with Crippen molar-refractivity contribution in [1.29, 1.82) is 0 Å². The van der Waals surface area contributed by atoms with Crippen LogP contribution in [0.4, 0.5) is 22.0 Å². The van der Waals surface area contributed by atoms with E-state index in [0.29, 0.717) is 6.92 Å². The Morgan fingerprint density at radius 2 is 1.84 bits per heavy atom. The molecular weight excluding hydrogens is 275 g/mol. The topological polar surface area (TPSA) is 46.5 Å². The monoisotopic (exact) mass is 290 g/mol. The molecule has 0 aromatic rings. The zero-order valence-corrected chi connectivity index (χ0v) is 10.4. The highest BCUT2D eigenvalue weighted by Crippen LogP contribution is 2.41. The van der Waals surface area contributed by atoms with Crippen molar-refractivity contribution >= 4 is 5.97 Å². The molecule has 19 heavy (non-hydrogen) atoms. The number of alkyl halides is 5. The lowest BCUT2D eigenvalue weighted by Crippen LogP contribution is -2.49. The average molecular weight is 290 g/mol. The number of carbonyl (C=O) groups is 1. The van der Waals surface area contributed by atoms with Gasteiger partial charge in [0.2, 0.25) is 0 Å². The predicted molar refractivity (Wildman–Crippen MR) is 56.9 cm³/mol. The van der Waals surface area contributed by atoms with Crippen LogP contribution in [0, 0.1) is 0 Å². The van der Waals surface area contributed by atoms with E-state index < -0.39 is 43.1 Å². The Balaban J connectivity index is 4.51. The van der Waals surface area contributed by atoms with Gasteiger partial charge in [0.1, 0.15) is 6.61 Å². The van der Waals surface area contributed by atoms with Crippen LogP contribution in [-0.4, -0.2) is 41.8 Å². The number of carbonyl (C=O) groups excluding carboxylic acids is 1. The molecule has 0 spiro atoms. The van der Waals surface area contributed by atoms with Gasteiger partial charge in [0.15, 0.2) is 6.17 Å². The predicted octanol–water partition coefficient (Wildman–Crippen LogP) is 2.49. The van der Waals surface area contributed by atoms with E-state index in [-0.39, 0.29) is 5.57 Å². The second kappa shape index (κ2) is 6.31. The second-order valence-corrected chi connectivity index (χ2v) is 4.18. The molecule has 0 saturated heterocycles. The highest BCUT2D eigenvalue weighted by Gasteiger charge is 2.60. The van der Waals surface area contributed by atoms with Crippen molar-refractivity contribution in [3.05, 3.63) is 12.2 Å². The van der Waals surface area contributed by atoms with Crippen LogP contribution in [0.15, 0.2) is 12.2 Å². The highest BCUT2D eigenvalue weighted by molar-refractivity contribution is 5.86. The number of rotatable bonds is 7. The number of hydrogen-bond acceptors (Lipinski definition) is 3. The zero-order valence-electron chi connectivity index (χ0n) is 10.4. The lowest BCUT2D eigenvalue weighted by Gasteiger charge is -2.29. The fraction of sp³-hybridized carbons (Fsp3) is 0.727. The Hall–Kier alpha value is -1.18. The molecule has 2 atom stereocenters. The molecule has 0 amide bonds. The first-order valence-corrected chi connectivity index (χ1v) is 5.32. The summed E-state index contributed by atoms with van der Waals surface area (Å²) in [5.41, 5.74) is -0.0401. The number of aliphatic hydroxyl groups is 1. The Kier molecular flexibility index (Phi) is 5.92. The molecule has 1 N–H and O–H groups in total. The molecule has 0 rings (SSSR count). The third-order valence-corrected chi connectivity index (χ3v) is 2.23. The normalized spacial score (nSPS) is 15.8. The fourth-order valence-corrected chi connectivity index (χ4v) is 1.08. The lowest BCUT2D eigenvalue weighted by molar-refractivity contribution is -0.247. The highest BCUT2D eigenvalue weighted by atomic mass is 19.3. The Morgan fingerprint density at radius 3 is 2.21 bits per heavy atom. The van der Waals surface area contributed by atoms with Crippen molar-refractivity contribution in [3.8, 4) is 0 Å². The van der Waals surface area contributed by atoms with Gasteiger partial charge in [-0.05, 0) is 13.8 Å². The summed E-state index contributed by atoms with van der Waals surface area (Å²) in [6, 6.07) is 0. The smallest absolute Gasteiger partial charge is 0.340 e. The summed E-state index contributed by atoms with van der Waals surface area (Å²) >= 11 is 0. The SMILES string of the molecule is C=C(C)C(=O)OCC(O)CC(F)(F)C(F)(F)C(C)F. The molecule has 2 unspecified atom stereocenters. The Labute approximate surface area is 107 Å². The minimum absolute atomic E-state index is 0.0401. The van der Waals surface area contributed by atoms with E-state index >= 15 is 0 Å². The molecule has 0 aromatic heterocycles. The maximum absolute atomic E-state index is 13.1. The van der Waals surface area contributed by atoms with Crippen molar-refractivity contribution < 1.29 is 36.6 Å². The largest absolute Gasteiger partial charge is 0.460 e. The van der Waals surface area contributed by atoms with Gasteiger partial charge >= 0.3 is 17.8 Å². The van der Waals surface area contributed by atoms with Gasteiger partial charge < -0.3 is 9.84 Å². The Morgan fingerprint density at radius 1 is 1.37 bits per heavy atom. The van der Waals surface area contributed by atoms with Crippen LogP contribution < -0.4 is 0 Å². The van der Waals surface area contributed by atoms with Crippen molar-refractivity contribution in [3.63, 3.8) is 0 Å². The first-order chi connectivity index (χ1) is 8.41. The van der Waals surface area contributed by atoms with Gasteiger partial charge in [-0.25, -0.2) is 9.18 Å². The van der Waals surface area contributed by atoms with Crippen LogP contribution in [0.2, 0.25) is 0 Å². The van der Waals surface area contributed by atoms with Gasteiger partial charge in [0, 0.05) is 12.0 Å². The van der Waals surface area contributed by atoms with E-state index in [9.17, 15) is 26.7 Å². The van der Waals surface area contributed by atoms with Crippen molar-refractivity contribution in [2.75, 3.05) is 6.61 Å². The molecule has 3 nitrogen and oxygen atoms in total. The standard InChI is InChI=1S/C11H15F5O3/c1-6(2)9(18)19-5-8(17)4-10(13,14)11(15,16)7(3)12/h7-8,17H,1,4-5H2,2-3H3. The van der Waals surface area contributed by atoms with Gasteiger partial charge in [-0.15, -0.1) is 0 Å². The minimum Gasteiger partial charge on any atom is -0.460 e. The van der Waals surface area contributed by atoms with Gasteiger partial charge in [-0.2, -0.15) is 17.6 Å². The average Bonchev–Trinajstić information content (AvgIpc) is 2.24. The number of esters is 1. The maximum Gasteiger partial charge on any atom is 0.340 e. The Bertz CT molecular complexity index is 341. The van der Waals surface area contributed by atoms with E-state index in [1.165, 1.54) is 6.92 Å². The molecule has 0 aromatic carbocycles. The summed E-state index contributed by atoms with van der Waals surface area (Å²) in [4.78, 5) is 10.9. The molecule has 0 radical (unpaired) electrons. The van der Waals surface area contributed by atoms with Crippen LogP contribution >= 0.6 is 0 Å². The summed E-state index contributed by atoms with van der Waals surface area (Å²) < 4.78 is 68.6. The first-order valence-electron chi connectivity index (χ1n) is 5.32. The molecule has 0 bridgehead atoms. The number of hydrogen-bond donors (Lipinski definition) is 1. The molecular formula is C11H15F5O3. The molecule has 0 saturated carbocycles. The van der Waals surface area contributed by atoms with E-state index in [0.717, 1.165) is 0 Å². The summed E-state index contributed by atoms with van der Waals surface area (Å²) in [5.74, 6) is -10.6. The fourth-order valence-electron chi connectivity index (χ4n) is 1.08. The molecule has 0 heterocycles. The minimum atomic E-state index is -4.91. The molecule has 0 aliphatic carbocycles. The van der Waals surface area contributed by atoms with Crippen LogP contribution in [-0.2, 0) is 9.53 Å². The first kappa shape index (κ1) is 17.8. The van der Waals surface area contributed by atoms with Gasteiger partial charge in [0.05, 0.1) is 6.10 Å². The molecule has 0 aliphatic rings. The molecule has 112 valence electrons. The number of ether oxygens (including phenoxy) is 1. The summed E-state index contributed by atoms with van der Waals surface area (Å²) in [6.45, 7) is 3.86. The summed E-state index contributed by atoms with van der Waals surface area (Å²) in [6.07, 6.45) is -6.84. The van der Waals surface area contributed by atoms with Gasteiger partial charge in [-0.1, -0.05) is 6.58 Å². The van der Waals surface area contributed by atoms with Crippen LogP contribution in [0.25, 0.3) is 0 Å². The van der Waals surface area contributed by atoms with E-state index in [1.807, 2.05) is 0 Å². The summed E-state index contributed by atoms with van der Waals surface area (Å²) in [7, 11) is 0. The molecule has 8 heteroatoms. The van der Waals surface area contributed by atoms with Crippen LogP contribution in [0.1, 0.15) is 20.3 Å². The lowest BCUT2D eigenvalue weighted by atomic mass is 10.0. The van der Waals surface area contributed by atoms with E-state index in [2.05, 4.69) is 11.3 Å². The zero-order chi connectivity index (χ0) is 15.4.